The van der Waals surface area contributed by atoms with Gasteiger partial charge in [0.1, 0.15) is 0 Å². The Morgan fingerprint density at radius 3 is 2.13 bits per heavy atom. The van der Waals surface area contributed by atoms with Gasteiger partial charge >= 0.3 is 5.97 Å². The zero-order valence-corrected chi connectivity index (χ0v) is 22.8. The molecule has 2 N–H and O–H groups in total. The molecule has 198 valence electrons. The third-order valence-electron chi connectivity index (χ3n) is 8.64. The summed E-state index contributed by atoms with van der Waals surface area (Å²) >= 11 is 6.66. The van der Waals surface area contributed by atoms with Crippen LogP contribution in [0.15, 0.2) is 71.6 Å². The Bertz CT molecular complexity index is 1450. The van der Waals surface area contributed by atoms with Crippen LogP contribution < -0.4 is 10.0 Å². The Labute approximate surface area is 228 Å². The highest BCUT2D eigenvalue weighted by Crippen LogP contribution is 2.61. The average molecular weight is 551 g/mol. The van der Waals surface area contributed by atoms with E-state index >= 15 is 0 Å². The summed E-state index contributed by atoms with van der Waals surface area (Å²) in [7, 11) is -2.52. The van der Waals surface area contributed by atoms with Gasteiger partial charge in [-0.15, -0.1) is 0 Å². The molecule has 4 fully saturated rings. The van der Waals surface area contributed by atoms with Crippen molar-refractivity contribution < 1.29 is 17.9 Å². The second kappa shape index (κ2) is 9.62. The van der Waals surface area contributed by atoms with Crippen LogP contribution in [0.1, 0.15) is 54.4 Å². The maximum Gasteiger partial charge on any atom is 0.339 e. The van der Waals surface area contributed by atoms with E-state index in [2.05, 4.69) is 16.1 Å². The molecule has 8 heteroatoms. The first-order chi connectivity index (χ1) is 18.2. The quantitative estimate of drug-likeness (QED) is 0.305. The highest BCUT2D eigenvalue weighted by molar-refractivity contribution is 7.92. The number of para-hydroxylation sites is 1. The molecular weight excluding hydrogens is 520 g/mol. The van der Waals surface area contributed by atoms with Crippen molar-refractivity contribution in [2.75, 3.05) is 17.1 Å². The van der Waals surface area contributed by atoms with Crippen LogP contribution in [0, 0.1) is 17.8 Å². The Balaban J connectivity index is 1.18. The fraction of sp³-hybridized carbons (Fsp3) is 0.367. The second-order valence-electron chi connectivity index (χ2n) is 11.2. The van der Waals surface area contributed by atoms with Crippen molar-refractivity contribution >= 4 is 44.7 Å². The third kappa shape index (κ3) is 4.67. The van der Waals surface area contributed by atoms with E-state index in [9.17, 15) is 13.2 Å². The maximum atomic E-state index is 13.2. The van der Waals surface area contributed by atoms with E-state index in [1.54, 1.807) is 36.4 Å². The number of hydrogen-bond donors (Lipinski definition) is 2. The molecule has 38 heavy (non-hydrogen) atoms. The van der Waals surface area contributed by atoms with Gasteiger partial charge in [-0.1, -0.05) is 29.8 Å². The predicted molar refractivity (Wildman–Crippen MR) is 150 cm³/mol. The first-order valence-electron chi connectivity index (χ1n) is 13.1. The standard InChI is InChI=1S/C30H31ClN2O4S/c1-37-29(34)25-4-2-3-5-27(25)32-23-7-9-24(10-8-23)38(35,36)33-28-11-6-22(15-26(28)31)30-16-19-12-20(17-30)14-21(13-19)18-30/h2-11,15,19-21,32-33H,12-14,16-18H2,1H3. The molecule has 6 nitrogen and oxygen atoms in total. The summed E-state index contributed by atoms with van der Waals surface area (Å²) in [4.78, 5) is 12.1. The number of carbonyl (C=O) groups is 1. The molecule has 0 amide bonds. The number of benzene rings is 3. The lowest BCUT2D eigenvalue weighted by Gasteiger charge is -2.57. The number of ether oxygens (including phenoxy) is 1. The molecule has 7 rings (SSSR count). The van der Waals surface area contributed by atoms with Crippen LogP contribution in [0.2, 0.25) is 5.02 Å². The molecule has 0 heterocycles. The number of rotatable bonds is 7. The van der Waals surface area contributed by atoms with Crippen molar-refractivity contribution in [3.63, 3.8) is 0 Å². The Morgan fingerprint density at radius 2 is 1.53 bits per heavy atom. The van der Waals surface area contributed by atoms with Crippen molar-refractivity contribution in [2.24, 2.45) is 17.8 Å². The number of nitrogens with one attached hydrogen (secondary N) is 2. The van der Waals surface area contributed by atoms with Gasteiger partial charge < -0.3 is 10.1 Å². The van der Waals surface area contributed by atoms with Gasteiger partial charge in [0.05, 0.1) is 34.0 Å². The van der Waals surface area contributed by atoms with Crippen molar-refractivity contribution in [3.8, 4) is 0 Å². The minimum atomic E-state index is -3.85. The highest BCUT2D eigenvalue weighted by atomic mass is 35.5. The van der Waals surface area contributed by atoms with Gasteiger partial charge in [-0.2, -0.15) is 0 Å². The van der Waals surface area contributed by atoms with Crippen LogP contribution in [0.3, 0.4) is 0 Å². The minimum absolute atomic E-state index is 0.116. The monoisotopic (exact) mass is 550 g/mol. The molecule has 4 aliphatic carbocycles. The van der Waals surface area contributed by atoms with Gasteiger partial charge in [0.15, 0.2) is 0 Å². The third-order valence-corrected chi connectivity index (χ3v) is 10.3. The molecule has 3 aromatic carbocycles. The molecule has 4 bridgehead atoms. The summed E-state index contributed by atoms with van der Waals surface area (Å²) < 4.78 is 33.8. The molecule has 0 aromatic heterocycles. The van der Waals surface area contributed by atoms with Gasteiger partial charge in [-0.3, -0.25) is 4.72 Å². The van der Waals surface area contributed by atoms with Crippen molar-refractivity contribution in [1.82, 2.24) is 0 Å². The molecule has 0 unspecified atom stereocenters. The fourth-order valence-electron chi connectivity index (χ4n) is 7.35. The van der Waals surface area contributed by atoms with E-state index in [-0.39, 0.29) is 10.3 Å². The normalized spacial score (nSPS) is 25.7. The molecule has 4 aliphatic rings. The van der Waals surface area contributed by atoms with E-state index in [1.807, 2.05) is 12.1 Å². The Kier molecular flexibility index (Phi) is 6.39. The molecule has 0 atom stereocenters. The summed E-state index contributed by atoms with van der Waals surface area (Å²) in [5.41, 5.74) is 3.43. The lowest BCUT2D eigenvalue weighted by atomic mass is 9.48. The summed E-state index contributed by atoms with van der Waals surface area (Å²) in [5.74, 6) is 2.02. The first-order valence-corrected chi connectivity index (χ1v) is 15.0. The van der Waals surface area contributed by atoms with E-state index in [4.69, 9.17) is 16.3 Å². The van der Waals surface area contributed by atoms with E-state index in [0.29, 0.717) is 27.6 Å². The molecule has 4 saturated carbocycles. The average Bonchev–Trinajstić information content (AvgIpc) is 2.89. The SMILES string of the molecule is COC(=O)c1ccccc1Nc1ccc(S(=O)(=O)Nc2ccc(C34CC5CC(CC(C5)C3)C4)cc2Cl)cc1. The number of carbonyl (C=O) groups excluding carboxylic acids is 1. The molecule has 3 aromatic rings. The van der Waals surface area contributed by atoms with Crippen LogP contribution >= 0.6 is 11.6 Å². The van der Waals surface area contributed by atoms with E-state index < -0.39 is 16.0 Å². The molecule has 0 aliphatic heterocycles. The van der Waals surface area contributed by atoms with Crippen LogP contribution in [0.25, 0.3) is 0 Å². The number of anilines is 3. The molecule has 0 radical (unpaired) electrons. The maximum absolute atomic E-state index is 13.2. The molecular formula is C30H31ClN2O4S. The lowest BCUT2D eigenvalue weighted by Crippen LogP contribution is -2.48. The number of halogens is 1. The van der Waals surface area contributed by atoms with Crippen molar-refractivity contribution in [1.29, 1.82) is 0 Å². The number of esters is 1. The van der Waals surface area contributed by atoms with Gasteiger partial charge in [-0.25, -0.2) is 13.2 Å². The first kappa shape index (κ1) is 25.3. The topological polar surface area (TPSA) is 84.5 Å². The summed E-state index contributed by atoms with van der Waals surface area (Å²) in [6.07, 6.45) is 7.80. The largest absolute Gasteiger partial charge is 0.465 e. The van der Waals surface area contributed by atoms with Gasteiger partial charge in [0.2, 0.25) is 0 Å². The van der Waals surface area contributed by atoms with Gasteiger partial charge in [0.25, 0.3) is 10.0 Å². The zero-order chi connectivity index (χ0) is 26.5. The van der Waals surface area contributed by atoms with Gasteiger partial charge in [0, 0.05) is 5.69 Å². The van der Waals surface area contributed by atoms with Crippen LogP contribution in [-0.4, -0.2) is 21.5 Å². The van der Waals surface area contributed by atoms with E-state index in [1.165, 1.54) is 63.3 Å². The van der Waals surface area contributed by atoms with Gasteiger partial charge in [-0.05, 0) is 116 Å². The zero-order valence-electron chi connectivity index (χ0n) is 21.2. The van der Waals surface area contributed by atoms with Crippen LogP contribution in [0.5, 0.6) is 0 Å². The van der Waals surface area contributed by atoms with Crippen LogP contribution in [-0.2, 0) is 20.2 Å². The Morgan fingerprint density at radius 1 is 0.895 bits per heavy atom. The minimum Gasteiger partial charge on any atom is -0.465 e. The number of sulfonamides is 1. The predicted octanol–water partition coefficient (Wildman–Crippen LogP) is 7.14. The Hall–Kier alpha value is -3.03. The lowest BCUT2D eigenvalue weighted by molar-refractivity contribution is -0.00517. The summed E-state index contributed by atoms with van der Waals surface area (Å²) in [6.45, 7) is 0. The number of methoxy groups -OCH3 is 1. The van der Waals surface area contributed by atoms with Crippen molar-refractivity contribution in [2.45, 2.75) is 48.8 Å². The molecule has 0 spiro atoms. The highest BCUT2D eigenvalue weighted by Gasteiger charge is 2.51. The number of hydrogen-bond acceptors (Lipinski definition) is 5. The van der Waals surface area contributed by atoms with Crippen molar-refractivity contribution in [3.05, 3.63) is 82.9 Å². The second-order valence-corrected chi connectivity index (χ2v) is 13.3. The fourth-order valence-corrected chi connectivity index (χ4v) is 8.71. The summed E-state index contributed by atoms with van der Waals surface area (Å²) in [6, 6.07) is 19.2. The van der Waals surface area contributed by atoms with Crippen LogP contribution in [0.4, 0.5) is 17.1 Å². The smallest absolute Gasteiger partial charge is 0.339 e. The van der Waals surface area contributed by atoms with E-state index in [0.717, 1.165) is 17.8 Å². The summed E-state index contributed by atoms with van der Waals surface area (Å²) in [5, 5.41) is 3.58. The molecule has 0 saturated heterocycles.